The van der Waals surface area contributed by atoms with Crippen molar-refractivity contribution in [1.82, 2.24) is 4.57 Å². The monoisotopic (exact) mass is 491 g/mol. The fourth-order valence-electron chi connectivity index (χ4n) is 4.62. The van der Waals surface area contributed by atoms with E-state index >= 15 is 0 Å². The van der Waals surface area contributed by atoms with Gasteiger partial charge in [-0.3, -0.25) is 0 Å². The van der Waals surface area contributed by atoms with Crippen LogP contribution in [-0.4, -0.2) is 36.5 Å². The van der Waals surface area contributed by atoms with Crippen LogP contribution in [0, 0.1) is 0 Å². The molecule has 0 aliphatic rings. The van der Waals surface area contributed by atoms with Crippen LogP contribution in [0.15, 0.2) is 60.7 Å². The van der Waals surface area contributed by atoms with E-state index in [4.69, 9.17) is 14.2 Å². The van der Waals surface area contributed by atoms with Crippen LogP contribution < -0.4 is 4.74 Å². The normalized spacial score (nSPS) is 12.2. The molecule has 0 saturated carbocycles. The zero-order valence-corrected chi connectivity index (χ0v) is 22.6. The van der Waals surface area contributed by atoms with Gasteiger partial charge in [0.15, 0.2) is 6.10 Å². The molecule has 36 heavy (non-hydrogen) atoms. The Labute approximate surface area is 216 Å². The van der Waals surface area contributed by atoms with Gasteiger partial charge in [-0.25, -0.2) is 4.79 Å². The van der Waals surface area contributed by atoms with Crippen LogP contribution in [0.2, 0.25) is 0 Å². The third kappa shape index (κ3) is 7.01. The predicted molar refractivity (Wildman–Crippen MR) is 146 cm³/mol. The second kappa shape index (κ2) is 13.3. The van der Waals surface area contributed by atoms with Crippen molar-refractivity contribution in [3.8, 4) is 16.9 Å². The molecule has 0 aliphatic heterocycles. The van der Waals surface area contributed by atoms with E-state index in [1.165, 1.54) is 22.5 Å². The molecule has 0 N–H and O–H groups in total. The van der Waals surface area contributed by atoms with E-state index in [-0.39, 0.29) is 5.97 Å². The first kappa shape index (κ1) is 27.5. The van der Waals surface area contributed by atoms with Gasteiger partial charge < -0.3 is 18.8 Å². The van der Waals surface area contributed by atoms with Crippen LogP contribution in [0.3, 0.4) is 0 Å². The van der Waals surface area contributed by atoms with E-state index in [9.17, 15) is 4.79 Å². The van der Waals surface area contributed by atoms with Gasteiger partial charge in [0.25, 0.3) is 0 Å². The minimum absolute atomic E-state index is 0.316. The number of benzene rings is 2. The van der Waals surface area contributed by atoms with Gasteiger partial charge in [0.05, 0.1) is 13.2 Å². The SMILES string of the molecule is CCOC(=O)C(Cc1ccc(OCCn2c(C(C)C)cc(-c3ccccc3)c2C(C)C)cc1)OCC. The zero-order valence-electron chi connectivity index (χ0n) is 22.6. The molecule has 5 nitrogen and oxygen atoms in total. The van der Waals surface area contributed by atoms with E-state index in [1.54, 1.807) is 6.92 Å². The Morgan fingerprint density at radius 2 is 1.58 bits per heavy atom. The van der Waals surface area contributed by atoms with Crippen LogP contribution in [0.5, 0.6) is 5.75 Å². The van der Waals surface area contributed by atoms with Gasteiger partial charge >= 0.3 is 5.97 Å². The fraction of sp³-hybridized carbons (Fsp3) is 0.452. The molecule has 0 bridgehead atoms. The summed E-state index contributed by atoms with van der Waals surface area (Å²) in [5.74, 6) is 1.31. The molecular formula is C31H41NO4. The van der Waals surface area contributed by atoms with Crippen molar-refractivity contribution in [2.75, 3.05) is 19.8 Å². The van der Waals surface area contributed by atoms with Crippen molar-refractivity contribution in [2.45, 2.75) is 72.4 Å². The van der Waals surface area contributed by atoms with Crippen molar-refractivity contribution in [3.05, 3.63) is 77.6 Å². The average molecular weight is 492 g/mol. The fourth-order valence-corrected chi connectivity index (χ4v) is 4.62. The Morgan fingerprint density at radius 1 is 0.889 bits per heavy atom. The van der Waals surface area contributed by atoms with Gasteiger partial charge in [-0.15, -0.1) is 0 Å². The van der Waals surface area contributed by atoms with E-state index in [2.05, 4.69) is 68.7 Å². The number of carbonyl (C=O) groups excluding carboxylic acids is 1. The van der Waals surface area contributed by atoms with Gasteiger partial charge in [-0.05, 0) is 55.0 Å². The summed E-state index contributed by atoms with van der Waals surface area (Å²) in [6.07, 6.45) is -0.105. The first-order valence-corrected chi connectivity index (χ1v) is 13.1. The van der Waals surface area contributed by atoms with Crippen molar-refractivity contribution >= 4 is 5.97 Å². The highest BCUT2D eigenvalue weighted by Crippen LogP contribution is 2.35. The maximum absolute atomic E-state index is 12.1. The smallest absolute Gasteiger partial charge is 0.335 e. The number of rotatable bonds is 13. The number of esters is 1. The Bertz CT molecular complexity index is 1080. The highest BCUT2D eigenvalue weighted by molar-refractivity contribution is 5.75. The van der Waals surface area contributed by atoms with E-state index < -0.39 is 6.10 Å². The van der Waals surface area contributed by atoms with E-state index in [0.29, 0.717) is 38.1 Å². The van der Waals surface area contributed by atoms with E-state index in [1.807, 2.05) is 31.2 Å². The summed E-state index contributed by atoms with van der Waals surface area (Å²) in [6, 6.07) is 20.9. The minimum Gasteiger partial charge on any atom is -0.492 e. The summed E-state index contributed by atoms with van der Waals surface area (Å²) in [5.41, 5.74) is 6.26. The molecule has 1 aromatic heterocycles. The zero-order chi connectivity index (χ0) is 26.1. The van der Waals surface area contributed by atoms with Crippen molar-refractivity contribution in [3.63, 3.8) is 0 Å². The Morgan fingerprint density at radius 3 is 2.17 bits per heavy atom. The summed E-state index contributed by atoms with van der Waals surface area (Å²) in [4.78, 5) is 12.1. The summed E-state index contributed by atoms with van der Waals surface area (Å²) in [5, 5.41) is 0. The van der Waals surface area contributed by atoms with Crippen molar-refractivity contribution < 1.29 is 19.0 Å². The quantitative estimate of drug-likeness (QED) is 0.242. The molecule has 0 aliphatic carbocycles. The summed E-state index contributed by atoms with van der Waals surface area (Å²) in [6.45, 7) is 14.9. The largest absolute Gasteiger partial charge is 0.492 e. The van der Waals surface area contributed by atoms with Gasteiger partial charge in [-0.2, -0.15) is 0 Å². The number of carbonyl (C=O) groups is 1. The number of nitrogens with zero attached hydrogens (tertiary/aromatic N) is 1. The lowest BCUT2D eigenvalue weighted by Crippen LogP contribution is -2.28. The minimum atomic E-state index is -0.585. The first-order valence-electron chi connectivity index (χ1n) is 13.1. The second-order valence-electron chi connectivity index (χ2n) is 9.59. The number of ether oxygens (including phenoxy) is 3. The molecule has 0 saturated heterocycles. The molecule has 5 heteroatoms. The maximum atomic E-state index is 12.1. The Kier molecular flexibility index (Phi) is 10.2. The molecule has 2 aromatic carbocycles. The second-order valence-corrected chi connectivity index (χ2v) is 9.59. The molecule has 194 valence electrons. The standard InChI is InChI=1S/C31H41NO4/c1-7-34-29(31(33)35-8-2)20-24-14-16-26(17-15-24)36-19-18-32-28(22(3)4)21-27(30(32)23(5)6)25-12-10-9-11-13-25/h9-17,21-23,29H,7-8,18-20H2,1-6H3. The summed E-state index contributed by atoms with van der Waals surface area (Å²) in [7, 11) is 0. The van der Waals surface area contributed by atoms with Gasteiger partial charge in [0.1, 0.15) is 12.4 Å². The lowest BCUT2D eigenvalue weighted by Gasteiger charge is -2.19. The van der Waals surface area contributed by atoms with Gasteiger partial charge in [0, 0.05) is 30.0 Å². The number of hydrogen-bond donors (Lipinski definition) is 0. The van der Waals surface area contributed by atoms with E-state index in [0.717, 1.165) is 17.9 Å². The highest BCUT2D eigenvalue weighted by atomic mass is 16.6. The van der Waals surface area contributed by atoms with Crippen LogP contribution >= 0.6 is 0 Å². The Balaban J connectivity index is 1.70. The molecule has 0 fully saturated rings. The molecule has 1 atom stereocenters. The summed E-state index contributed by atoms with van der Waals surface area (Å²) >= 11 is 0. The molecular weight excluding hydrogens is 450 g/mol. The maximum Gasteiger partial charge on any atom is 0.335 e. The molecule has 1 heterocycles. The summed E-state index contributed by atoms with van der Waals surface area (Å²) < 4.78 is 19.3. The highest BCUT2D eigenvalue weighted by Gasteiger charge is 2.21. The van der Waals surface area contributed by atoms with Crippen LogP contribution in [0.4, 0.5) is 0 Å². The van der Waals surface area contributed by atoms with Gasteiger partial charge in [0.2, 0.25) is 0 Å². The van der Waals surface area contributed by atoms with Gasteiger partial charge in [-0.1, -0.05) is 70.2 Å². The predicted octanol–water partition coefficient (Wildman–Crippen LogP) is 6.99. The van der Waals surface area contributed by atoms with Crippen LogP contribution in [0.25, 0.3) is 11.1 Å². The Hall–Kier alpha value is -3.05. The molecule has 3 rings (SSSR count). The first-order chi connectivity index (χ1) is 17.3. The number of hydrogen-bond acceptors (Lipinski definition) is 4. The third-order valence-electron chi connectivity index (χ3n) is 6.24. The molecule has 0 amide bonds. The topological polar surface area (TPSA) is 49.7 Å². The van der Waals surface area contributed by atoms with Crippen molar-refractivity contribution in [2.24, 2.45) is 0 Å². The molecule has 3 aromatic rings. The third-order valence-corrected chi connectivity index (χ3v) is 6.24. The molecule has 1 unspecified atom stereocenters. The lowest BCUT2D eigenvalue weighted by atomic mass is 9.99. The molecule has 0 radical (unpaired) electrons. The lowest BCUT2D eigenvalue weighted by molar-refractivity contribution is -0.156. The van der Waals surface area contributed by atoms with Crippen molar-refractivity contribution in [1.29, 1.82) is 0 Å². The van der Waals surface area contributed by atoms with Crippen LogP contribution in [0.1, 0.15) is 70.3 Å². The van der Waals surface area contributed by atoms with Crippen LogP contribution in [-0.2, 0) is 27.2 Å². The number of aromatic nitrogens is 1. The average Bonchev–Trinajstić information content (AvgIpc) is 3.25. The molecule has 0 spiro atoms.